The Bertz CT molecular complexity index is 5670. The molecule has 5 aromatic carbocycles. The summed E-state index contributed by atoms with van der Waals surface area (Å²) in [5.41, 5.74) is 13.2. The molecule has 17 amide bonds. The number of ether oxygens (including phenoxy) is 1. The van der Waals surface area contributed by atoms with Gasteiger partial charge >= 0.3 is 5.97 Å². The van der Waals surface area contributed by atoms with E-state index in [9.17, 15) is 69.3 Å². The summed E-state index contributed by atoms with van der Waals surface area (Å²) in [7, 11) is 2.08. The van der Waals surface area contributed by atoms with Gasteiger partial charge in [-0.2, -0.15) is 0 Å². The molecule has 6 unspecified atom stereocenters. The average molecular weight is 2070 g/mol. The third-order valence-corrected chi connectivity index (χ3v) is 24.0. The summed E-state index contributed by atoms with van der Waals surface area (Å²) in [4.78, 5) is 271. The monoisotopic (exact) mass is 2070 g/mol. The van der Waals surface area contributed by atoms with E-state index >= 15 is 52.7 Å². The summed E-state index contributed by atoms with van der Waals surface area (Å²) >= 11 is 0. The fourth-order valence-electron chi connectivity index (χ4n) is 16.0. The Labute approximate surface area is 863 Å². The molecule has 17 atom stereocenters. The molecule has 0 aromatic heterocycles. The standard InChI is InChI=1S/C106H139N17O26/c1-12-14-18-30-69-31-24-25-32-70(69)39-45-89(134)123-92(64(9)128)105(147)122(11)85(53-68-36-42-74(130)43-37-68)100(142)114-76(49-61(5)6)94(136)112-78(51-66-28-22-17-23-29-66)98(140)120-91(63(8)127)102(144)116-80(55-87(108)132)96(138)118-82(58-125)106(148)149-59-83(110-88(133)44-38-71-46-47-109-56-72(71)33-19-15-13-2)103(145)121(10)84(52-67-34-40-73(129)41-35-67)99(141)113-75(48-60(3)4)93(135)111-77(50-65-26-20-16-21-27-65)97(139)119-90(62(7)126)101(143)115-79(54-86(107)131)95(137)117-81(57-124)104(123)146/h16-43,45-47,53,60-64,72,75-84,90-92,109,124-130H,12-15,44,48-52,54-59H2,1-11H3,(H2,107,131)(H2,108,132)(H,110,133)(H,111,135)(H,112,136)(H,113,141)(H,114,142)(H,115,143)(H,116,144)(H,117,137)(H,118,138)(H,119,139)(H,120,140)/b30-18-,33-19-,45-39+,71-38+,85-53-/t62-,63-,64+,72+,75-,76-,77?,78?,79?,80?,81-,82-,83?,84?,90-,91-,92-/m0/s1. The van der Waals surface area contributed by atoms with E-state index in [1.54, 1.807) is 137 Å². The van der Waals surface area contributed by atoms with Gasteiger partial charge < -0.3 is 126 Å². The van der Waals surface area contributed by atoms with Crippen molar-refractivity contribution in [3.63, 3.8) is 0 Å². The number of hydrogen-bond acceptors (Lipinski definition) is 27. The van der Waals surface area contributed by atoms with Gasteiger partial charge in [0, 0.05) is 58.3 Å². The number of rotatable bonds is 31. The van der Waals surface area contributed by atoms with Crippen LogP contribution in [0.4, 0.5) is 0 Å². The van der Waals surface area contributed by atoms with Crippen LogP contribution in [0, 0.1) is 17.8 Å². The van der Waals surface area contributed by atoms with Gasteiger partial charge in [0.15, 0.2) is 6.04 Å². The number of carbonyl (C=O) groups is 18. The topological polar surface area (TPSA) is 664 Å². The van der Waals surface area contributed by atoms with Gasteiger partial charge in [-0.15, -0.1) is 0 Å². The van der Waals surface area contributed by atoms with E-state index < -0.39 is 279 Å². The van der Waals surface area contributed by atoms with Crippen molar-refractivity contribution in [2.75, 3.05) is 40.5 Å². The van der Waals surface area contributed by atoms with Crippen molar-refractivity contribution >= 4 is 125 Å². The summed E-state index contributed by atoms with van der Waals surface area (Å²) in [6.07, 6.45) is 7.88. The minimum Gasteiger partial charge on any atom is -0.508 e. The van der Waals surface area contributed by atoms with Crippen molar-refractivity contribution in [2.24, 2.45) is 29.2 Å². The van der Waals surface area contributed by atoms with Crippen LogP contribution in [0.15, 0.2) is 187 Å². The van der Waals surface area contributed by atoms with Crippen molar-refractivity contribution in [3.8, 4) is 11.5 Å². The van der Waals surface area contributed by atoms with Gasteiger partial charge in [-0.3, -0.25) is 86.4 Å². The molecular formula is C106H139N17O26. The lowest BCUT2D eigenvalue weighted by Crippen LogP contribution is -2.64. The number of cyclic esters (lactones) is 1. The molecular weight excluding hydrogens is 1930 g/mol. The van der Waals surface area contributed by atoms with E-state index in [1.165, 1.54) is 54.6 Å². The summed E-state index contributed by atoms with van der Waals surface area (Å²) in [6.45, 7) is 9.96. The Morgan fingerprint density at radius 1 is 0.483 bits per heavy atom. The van der Waals surface area contributed by atoms with Crippen molar-refractivity contribution in [1.29, 1.82) is 0 Å². The summed E-state index contributed by atoms with van der Waals surface area (Å²) < 4.78 is 5.65. The Kier molecular flexibility index (Phi) is 48.4. The Morgan fingerprint density at radius 3 is 1.41 bits per heavy atom. The first-order chi connectivity index (χ1) is 70.8. The van der Waals surface area contributed by atoms with Gasteiger partial charge in [0.05, 0.1) is 44.4 Å². The molecule has 43 heteroatoms. The third kappa shape index (κ3) is 38.0. The number of hydrogen-bond donors (Lipinski definition) is 21. The maximum Gasteiger partial charge on any atom is 0.331 e. The minimum atomic E-state index is -2.54. The maximum absolute atomic E-state index is 15.9. The molecule has 804 valence electrons. The van der Waals surface area contributed by atoms with Crippen LogP contribution >= 0.6 is 0 Å². The number of aliphatic hydroxyl groups is 5. The molecule has 149 heavy (non-hydrogen) atoms. The first-order valence-corrected chi connectivity index (χ1v) is 49.1. The lowest BCUT2D eigenvalue weighted by atomic mass is 9.94. The quantitative estimate of drug-likeness (QED) is 0.0157. The number of amides is 17. The number of likely N-dealkylation sites (N-methyl/N-ethyl adjacent to an activating group) is 2. The molecule has 2 heterocycles. The van der Waals surface area contributed by atoms with Crippen LogP contribution in [0.3, 0.4) is 0 Å². The van der Waals surface area contributed by atoms with Crippen LogP contribution in [0.1, 0.15) is 153 Å². The van der Waals surface area contributed by atoms with E-state index in [4.69, 9.17) is 16.2 Å². The Balaban J connectivity index is 1.42. The number of allylic oxidation sites excluding steroid dienone is 3. The van der Waals surface area contributed by atoms with Crippen LogP contribution in [0.2, 0.25) is 0 Å². The number of esters is 1. The molecule has 0 bridgehead atoms. The van der Waals surface area contributed by atoms with Gasteiger partial charge in [-0.05, 0) is 146 Å². The second kappa shape index (κ2) is 59.9. The lowest BCUT2D eigenvalue weighted by Gasteiger charge is -2.35. The number of benzene rings is 5. The molecule has 7 rings (SSSR count). The fourth-order valence-corrected chi connectivity index (χ4v) is 16.0. The second-order valence-corrected chi connectivity index (χ2v) is 37.2. The number of nitrogens with one attached hydrogen (secondary N) is 12. The molecule has 23 N–H and O–H groups in total. The van der Waals surface area contributed by atoms with Crippen LogP contribution in [0.5, 0.6) is 11.5 Å². The zero-order valence-corrected chi connectivity index (χ0v) is 85.1. The highest BCUT2D eigenvalue weighted by atomic mass is 16.5. The molecule has 0 radical (unpaired) electrons. The van der Waals surface area contributed by atoms with E-state index in [2.05, 4.69) is 63.8 Å². The van der Waals surface area contributed by atoms with E-state index in [1.807, 2.05) is 32.1 Å². The predicted molar refractivity (Wildman–Crippen MR) is 548 cm³/mol. The molecule has 5 aromatic rings. The van der Waals surface area contributed by atoms with Crippen molar-refractivity contribution in [1.82, 2.24) is 78.5 Å². The molecule has 1 saturated heterocycles. The Morgan fingerprint density at radius 2 is 0.926 bits per heavy atom. The molecule has 0 saturated carbocycles. The largest absolute Gasteiger partial charge is 0.508 e. The van der Waals surface area contributed by atoms with Gasteiger partial charge in [0.1, 0.15) is 96.3 Å². The predicted octanol–water partition coefficient (Wildman–Crippen LogP) is -0.0318. The number of aliphatic hydroxyl groups excluding tert-OH is 5. The lowest BCUT2D eigenvalue weighted by molar-refractivity contribution is -0.158. The SMILES string of the molecule is CCC/C=C\c1ccccc1/C=C/C(=O)N1C(=O)[C@H](CO)NC(=O)C(CC(N)=O)NC(=O)[C@H]([C@H](C)O)NC(=O)C(Cc2ccccc2)NC(=O)[C@H](CC(C)C)NC(=O)C(Cc2ccc(O)cc2)N(C)C(=O)C(NC(=O)C/C=C2\C=CNC[C@H]2/C=C\CCC)COC(=O)[C@H](CO)NC(=O)C(CC(N)=O)NC(=O)[C@H]([C@H](C)O)NC(=O)C(Cc2ccccc2)NC(=O)[C@H](CC(C)C)NC(=O)/C(=C/c2ccc(O)cc2)N(C)C(=O)[C@@H]1[C@@H](C)O. The number of phenolic OH excluding ortho intramolecular Hbond substituents is 2. The first kappa shape index (κ1) is 120. The first-order valence-electron chi connectivity index (χ1n) is 49.1. The van der Waals surface area contributed by atoms with Crippen LogP contribution < -0.4 is 75.3 Å². The van der Waals surface area contributed by atoms with E-state index in [-0.39, 0.29) is 46.3 Å². The smallest absolute Gasteiger partial charge is 0.331 e. The van der Waals surface area contributed by atoms with Crippen molar-refractivity contribution in [2.45, 2.75) is 236 Å². The number of nitrogens with zero attached hydrogens (tertiary/aromatic N) is 3. The Hall–Kier alpha value is -15.6. The molecule has 0 aliphatic carbocycles. The highest BCUT2D eigenvalue weighted by Crippen LogP contribution is 2.26. The van der Waals surface area contributed by atoms with Gasteiger partial charge in [0.25, 0.3) is 23.6 Å². The van der Waals surface area contributed by atoms with Crippen LogP contribution in [-0.4, -0.2) is 294 Å². The number of unbranched alkanes of at least 4 members (excludes halogenated alkanes) is 2. The van der Waals surface area contributed by atoms with Gasteiger partial charge in [0.2, 0.25) is 76.8 Å². The van der Waals surface area contributed by atoms with Crippen molar-refractivity contribution < 1.29 is 127 Å². The molecule has 0 spiro atoms. The normalized spacial score (nSPS) is 23.8. The zero-order chi connectivity index (χ0) is 110. The van der Waals surface area contributed by atoms with E-state index in [0.29, 0.717) is 45.7 Å². The third-order valence-electron chi connectivity index (χ3n) is 24.0. The molecule has 2 aliphatic rings. The van der Waals surface area contributed by atoms with Crippen LogP contribution in [0.25, 0.3) is 18.2 Å². The zero-order valence-electron chi connectivity index (χ0n) is 85.1. The molecule has 2 aliphatic heterocycles. The number of carbonyl (C=O) groups excluding carboxylic acids is 18. The summed E-state index contributed by atoms with van der Waals surface area (Å²) in [5.74, 6) is -25.6. The number of primary amides is 2. The number of phenols is 2. The average Bonchev–Trinajstić information content (AvgIpc) is 0.788. The van der Waals surface area contributed by atoms with Crippen LogP contribution in [-0.2, 0) is 110 Å². The summed E-state index contributed by atoms with van der Waals surface area (Å²) in [5, 5.41) is 108. The summed E-state index contributed by atoms with van der Waals surface area (Å²) in [6, 6.07) is 5.91. The van der Waals surface area contributed by atoms with Crippen molar-refractivity contribution in [3.05, 3.63) is 221 Å². The number of aromatic hydroxyl groups is 2. The molecule has 1 fully saturated rings. The number of imide groups is 1. The molecule has 43 nitrogen and oxygen atoms in total. The minimum absolute atomic E-state index is 0.0408. The van der Waals surface area contributed by atoms with E-state index in [0.717, 1.165) is 71.2 Å². The fraction of sp³-hybridized carbons (Fsp3) is 0.434. The highest BCUT2D eigenvalue weighted by molar-refractivity contribution is 6.11. The highest BCUT2D eigenvalue weighted by Gasteiger charge is 2.46. The second-order valence-electron chi connectivity index (χ2n) is 37.2. The number of nitrogens with two attached hydrogens (primary N) is 2. The maximum atomic E-state index is 15.9. The van der Waals surface area contributed by atoms with Gasteiger partial charge in [-0.1, -0.05) is 194 Å². The van der Waals surface area contributed by atoms with Gasteiger partial charge in [-0.25, -0.2) is 4.79 Å².